The molecular weight excluding hydrogens is 483 g/mol. The van der Waals surface area contributed by atoms with Crippen LogP contribution >= 0.6 is 23.2 Å². The van der Waals surface area contributed by atoms with Crippen LogP contribution in [0.2, 0.25) is 10.0 Å². The molecule has 1 amide bonds. The normalized spacial score (nSPS) is 11.1. The van der Waals surface area contributed by atoms with Crippen LogP contribution < -0.4 is 14.9 Å². The monoisotopic (exact) mass is 506 g/mol. The molecule has 0 unspecified atom stereocenters. The Balaban J connectivity index is 1.39. The molecule has 0 aliphatic carbocycles. The van der Waals surface area contributed by atoms with Crippen LogP contribution in [-0.4, -0.2) is 18.7 Å². The van der Waals surface area contributed by atoms with E-state index in [2.05, 4.69) is 10.5 Å². The van der Waals surface area contributed by atoms with Crippen molar-refractivity contribution in [3.8, 4) is 11.5 Å². The van der Waals surface area contributed by atoms with Gasteiger partial charge >= 0.3 is 0 Å². The number of nitrogens with one attached hydrogen (secondary N) is 1. The van der Waals surface area contributed by atoms with Gasteiger partial charge in [0.25, 0.3) is 0 Å². The number of ether oxygens (including phenoxy) is 2. The highest BCUT2D eigenvalue weighted by Gasteiger charge is 2.09. The van der Waals surface area contributed by atoms with Gasteiger partial charge in [0.1, 0.15) is 6.61 Å². The van der Waals surface area contributed by atoms with Crippen LogP contribution in [0, 0.1) is 0 Å². The molecule has 0 fully saturated rings. The molecular formula is C28H24Cl2N2O3. The van der Waals surface area contributed by atoms with Crippen molar-refractivity contribution in [1.82, 2.24) is 5.43 Å². The van der Waals surface area contributed by atoms with Gasteiger partial charge < -0.3 is 9.47 Å². The van der Waals surface area contributed by atoms with Gasteiger partial charge in [-0.1, -0.05) is 71.7 Å². The van der Waals surface area contributed by atoms with Gasteiger partial charge in [-0.3, -0.25) is 4.79 Å². The van der Waals surface area contributed by atoms with E-state index in [1.807, 2.05) is 67.6 Å². The van der Waals surface area contributed by atoms with Gasteiger partial charge in [0.05, 0.1) is 19.2 Å². The predicted octanol–water partition coefficient (Wildman–Crippen LogP) is 6.82. The Labute approximate surface area is 214 Å². The molecule has 35 heavy (non-hydrogen) atoms. The minimum absolute atomic E-state index is 0.192. The van der Waals surface area contributed by atoms with Crippen molar-refractivity contribution in [3.05, 3.63) is 106 Å². The highest BCUT2D eigenvalue weighted by atomic mass is 35.5. The topological polar surface area (TPSA) is 59.9 Å². The molecule has 0 saturated carbocycles. The minimum atomic E-state index is -0.192. The smallest absolute Gasteiger partial charge is 0.244 e. The van der Waals surface area contributed by atoms with Gasteiger partial charge in [0.15, 0.2) is 11.5 Å². The first-order chi connectivity index (χ1) is 17.0. The zero-order valence-corrected chi connectivity index (χ0v) is 20.6. The zero-order chi connectivity index (χ0) is 24.6. The molecule has 4 rings (SSSR count). The maximum Gasteiger partial charge on any atom is 0.244 e. The second-order valence-electron chi connectivity index (χ2n) is 7.77. The summed E-state index contributed by atoms with van der Waals surface area (Å²) in [6.45, 7) is 2.64. The summed E-state index contributed by atoms with van der Waals surface area (Å²) in [7, 11) is 0. The van der Waals surface area contributed by atoms with E-state index in [0.717, 1.165) is 27.5 Å². The molecule has 5 nitrogen and oxygen atoms in total. The first-order valence-corrected chi connectivity index (χ1v) is 11.9. The second-order valence-corrected chi connectivity index (χ2v) is 8.62. The predicted molar refractivity (Wildman–Crippen MR) is 142 cm³/mol. The van der Waals surface area contributed by atoms with Gasteiger partial charge in [-0.2, -0.15) is 5.10 Å². The fourth-order valence-electron chi connectivity index (χ4n) is 3.62. The molecule has 178 valence electrons. The molecule has 0 bridgehead atoms. The van der Waals surface area contributed by atoms with Crippen LogP contribution in [-0.2, 0) is 17.8 Å². The maximum absolute atomic E-state index is 12.4. The number of hydrogen-bond acceptors (Lipinski definition) is 4. The zero-order valence-electron chi connectivity index (χ0n) is 19.1. The Hall–Kier alpha value is -3.54. The van der Waals surface area contributed by atoms with E-state index in [1.165, 1.54) is 0 Å². The van der Waals surface area contributed by atoms with E-state index < -0.39 is 0 Å². The molecule has 0 saturated heterocycles. The van der Waals surface area contributed by atoms with Crippen molar-refractivity contribution in [2.24, 2.45) is 5.10 Å². The molecule has 0 radical (unpaired) electrons. The van der Waals surface area contributed by atoms with Crippen molar-refractivity contribution in [2.75, 3.05) is 6.61 Å². The lowest BCUT2D eigenvalue weighted by Gasteiger charge is -2.13. The number of rotatable bonds is 9. The molecule has 0 atom stereocenters. The lowest BCUT2D eigenvalue weighted by Crippen LogP contribution is -2.19. The van der Waals surface area contributed by atoms with Crippen molar-refractivity contribution in [1.29, 1.82) is 0 Å². The molecule has 0 heterocycles. The van der Waals surface area contributed by atoms with Crippen LogP contribution in [0.1, 0.15) is 23.6 Å². The van der Waals surface area contributed by atoms with Crippen molar-refractivity contribution < 1.29 is 14.3 Å². The molecule has 7 heteroatoms. The molecule has 0 aliphatic rings. The first-order valence-electron chi connectivity index (χ1n) is 11.2. The fraction of sp³-hybridized carbons (Fsp3) is 0.143. The number of halogens is 2. The largest absolute Gasteiger partial charge is 0.490 e. The van der Waals surface area contributed by atoms with Gasteiger partial charge in [-0.05, 0) is 59.2 Å². The van der Waals surface area contributed by atoms with Crippen molar-refractivity contribution in [3.63, 3.8) is 0 Å². The van der Waals surface area contributed by atoms with Gasteiger partial charge in [0, 0.05) is 15.6 Å². The number of hydrogen-bond donors (Lipinski definition) is 1. The average Bonchev–Trinajstić information content (AvgIpc) is 2.85. The number of amides is 1. The lowest BCUT2D eigenvalue weighted by molar-refractivity contribution is -0.120. The minimum Gasteiger partial charge on any atom is -0.490 e. The Bertz CT molecular complexity index is 1370. The molecule has 0 aliphatic heterocycles. The van der Waals surface area contributed by atoms with Gasteiger partial charge in [-0.15, -0.1) is 0 Å². The van der Waals surface area contributed by atoms with Gasteiger partial charge in [0.2, 0.25) is 5.91 Å². The summed E-state index contributed by atoms with van der Waals surface area (Å²) >= 11 is 12.2. The summed E-state index contributed by atoms with van der Waals surface area (Å²) < 4.78 is 11.7. The summed E-state index contributed by atoms with van der Waals surface area (Å²) in [4.78, 5) is 12.4. The summed E-state index contributed by atoms with van der Waals surface area (Å²) in [6, 6.07) is 24.6. The van der Waals surface area contributed by atoms with Crippen LogP contribution in [0.15, 0.2) is 84.0 Å². The summed E-state index contributed by atoms with van der Waals surface area (Å²) in [5, 5.41) is 7.39. The van der Waals surface area contributed by atoms with Crippen LogP contribution in [0.3, 0.4) is 0 Å². The number of benzene rings is 4. The molecule has 0 spiro atoms. The molecule has 0 aromatic heterocycles. The highest BCUT2D eigenvalue weighted by molar-refractivity contribution is 6.35. The third kappa shape index (κ3) is 6.53. The summed E-state index contributed by atoms with van der Waals surface area (Å²) in [5.74, 6) is 0.959. The Morgan fingerprint density at radius 3 is 2.57 bits per heavy atom. The SMILES string of the molecule is CCOc1cc(/C=N\NC(=O)Cc2cccc3ccccc23)ccc1OCc1ccc(Cl)cc1Cl. The van der Waals surface area contributed by atoms with E-state index in [4.69, 9.17) is 32.7 Å². The van der Waals surface area contributed by atoms with Crippen LogP contribution in [0.4, 0.5) is 0 Å². The first kappa shape index (κ1) is 24.6. The second kappa shape index (κ2) is 11.7. The van der Waals surface area contributed by atoms with E-state index in [-0.39, 0.29) is 18.9 Å². The Morgan fingerprint density at radius 1 is 0.914 bits per heavy atom. The summed E-state index contributed by atoms with van der Waals surface area (Å²) in [5.41, 5.74) is 5.13. The quantitative estimate of drug-likeness (QED) is 0.200. The number of fused-ring (bicyclic) bond motifs is 1. The van der Waals surface area contributed by atoms with E-state index >= 15 is 0 Å². The van der Waals surface area contributed by atoms with Crippen LogP contribution in [0.25, 0.3) is 10.8 Å². The van der Waals surface area contributed by atoms with Crippen molar-refractivity contribution in [2.45, 2.75) is 20.0 Å². The standard InChI is InChI=1S/C28H24Cl2N2O3/c1-2-34-27-14-19(10-13-26(27)35-18-22-11-12-23(29)16-25(22)30)17-31-32-28(33)15-21-8-5-7-20-6-3-4-9-24(20)21/h3-14,16-17H,2,15,18H2,1H3,(H,32,33)/b31-17-. The van der Waals surface area contributed by atoms with Gasteiger partial charge in [-0.25, -0.2) is 5.43 Å². The Kier molecular flexibility index (Phi) is 8.24. The third-order valence-corrected chi connectivity index (χ3v) is 5.89. The van der Waals surface area contributed by atoms with E-state index in [9.17, 15) is 4.79 Å². The number of hydrazone groups is 1. The molecule has 4 aromatic carbocycles. The van der Waals surface area contributed by atoms with Crippen molar-refractivity contribution >= 4 is 46.1 Å². The van der Waals surface area contributed by atoms with Crippen LogP contribution in [0.5, 0.6) is 11.5 Å². The molecule has 4 aromatic rings. The maximum atomic E-state index is 12.4. The Morgan fingerprint density at radius 2 is 1.74 bits per heavy atom. The fourth-order valence-corrected chi connectivity index (χ4v) is 4.09. The third-order valence-electron chi connectivity index (χ3n) is 5.30. The molecule has 1 N–H and O–H groups in total. The number of carbonyl (C=O) groups is 1. The highest BCUT2D eigenvalue weighted by Crippen LogP contribution is 2.30. The number of carbonyl (C=O) groups excluding carboxylic acids is 1. The van der Waals surface area contributed by atoms with E-state index in [0.29, 0.717) is 28.2 Å². The van der Waals surface area contributed by atoms with E-state index in [1.54, 1.807) is 24.4 Å². The average molecular weight is 507 g/mol. The lowest BCUT2D eigenvalue weighted by atomic mass is 10.0. The summed E-state index contributed by atoms with van der Waals surface area (Å²) in [6.07, 6.45) is 1.81. The number of nitrogens with zero attached hydrogens (tertiary/aromatic N) is 1.